The maximum atomic E-state index is 12.7. The fourth-order valence-electron chi connectivity index (χ4n) is 3.33. The van der Waals surface area contributed by atoms with Gasteiger partial charge in [-0.05, 0) is 34.9 Å². The number of carbonyl (C=O) groups is 1. The normalized spacial score (nSPS) is 16.7. The first-order valence-corrected chi connectivity index (χ1v) is 8.58. The third-order valence-corrected chi connectivity index (χ3v) is 4.70. The quantitative estimate of drug-likeness (QED) is 0.617. The number of benzene rings is 1. The predicted octanol–water partition coefficient (Wildman–Crippen LogP) is 5.89. The first kappa shape index (κ1) is 16.3. The fraction of sp³-hybridized carbons (Fsp3) is 0.650. The van der Waals surface area contributed by atoms with E-state index in [9.17, 15) is 4.79 Å². The van der Waals surface area contributed by atoms with Crippen molar-refractivity contribution < 1.29 is 4.79 Å². The molecule has 0 aromatic heterocycles. The summed E-state index contributed by atoms with van der Waals surface area (Å²) in [6.45, 7) is 8.68. The Balaban J connectivity index is 2.19. The summed E-state index contributed by atoms with van der Waals surface area (Å²) in [6, 6.07) is 7.65. The van der Waals surface area contributed by atoms with Crippen molar-refractivity contribution in [2.75, 3.05) is 0 Å². The summed E-state index contributed by atoms with van der Waals surface area (Å²) in [5.74, 6) is 1.76. The Bertz CT molecular complexity index is 479. The molecule has 0 amide bonds. The summed E-state index contributed by atoms with van der Waals surface area (Å²) < 4.78 is 0. The molecule has 1 nitrogen and oxygen atoms in total. The number of Topliss-reactive ketones (excluding diaryl/α,β-unsaturated/α-hetero) is 1. The standard InChI is InChI=1S/C20H29O/c1-14(2)17-10-11-18(19(13-17)15(3)4)20(21)12-16-8-6-5-7-9-16/h10-11,14-16H,5-9,12H2,1-4H3. The van der Waals surface area contributed by atoms with Crippen LogP contribution < -0.4 is 0 Å². The molecule has 0 N–H and O–H groups in total. The average molecular weight is 285 g/mol. The van der Waals surface area contributed by atoms with Gasteiger partial charge in [-0.1, -0.05) is 71.9 Å². The minimum Gasteiger partial charge on any atom is -0.294 e. The van der Waals surface area contributed by atoms with Gasteiger partial charge in [-0.3, -0.25) is 4.79 Å². The molecule has 115 valence electrons. The van der Waals surface area contributed by atoms with Crippen LogP contribution in [0.3, 0.4) is 0 Å². The molecule has 0 aliphatic heterocycles. The van der Waals surface area contributed by atoms with Gasteiger partial charge in [0.2, 0.25) is 0 Å². The third-order valence-electron chi connectivity index (χ3n) is 4.70. The molecule has 2 rings (SSSR count). The molecule has 1 aromatic rings. The van der Waals surface area contributed by atoms with E-state index in [1.165, 1.54) is 37.7 Å². The third kappa shape index (κ3) is 4.18. The summed E-state index contributed by atoms with van der Waals surface area (Å²) in [4.78, 5) is 12.7. The van der Waals surface area contributed by atoms with Crippen LogP contribution >= 0.6 is 0 Å². The van der Waals surface area contributed by atoms with E-state index in [0.717, 1.165) is 17.5 Å². The molecule has 1 radical (unpaired) electrons. The molecule has 21 heavy (non-hydrogen) atoms. The second-order valence-electron chi connectivity index (χ2n) is 7.18. The minimum absolute atomic E-state index is 0.331. The van der Waals surface area contributed by atoms with Gasteiger partial charge in [-0.2, -0.15) is 0 Å². The van der Waals surface area contributed by atoms with E-state index < -0.39 is 0 Å². The maximum absolute atomic E-state index is 12.7. The number of ketones is 1. The number of rotatable bonds is 5. The van der Waals surface area contributed by atoms with Gasteiger partial charge in [-0.25, -0.2) is 0 Å². The second kappa shape index (κ2) is 7.24. The molecule has 0 saturated heterocycles. The van der Waals surface area contributed by atoms with Gasteiger partial charge >= 0.3 is 0 Å². The highest BCUT2D eigenvalue weighted by Crippen LogP contribution is 2.30. The molecule has 0 heterocycles. The molecular weight excluding hydrogens is 256 g/mol. The van der Waals surface area contributed by atoms with E-state index in [1.807, 2.05) is 6.07 Å². The van der Waals surface area contributed by atoms with Crippen LogP contribution in [0.25, 0.3) is 0 Å². The van der Waals surface area contributed by atoms with Crippen LogP contribution in [0.2, 0.25) is 0 Å². The molecule has 1 aromatic carbocycles. The molecule has 0 unspecified atom stereocenters. The Kier molecular flexibility index (Phi) is 5.61. The van der Waals surface area contributed by atoms with Crippen LogP contribution in [0.15, 0.2) is 12.1 Å². The molecule has 1 aliphatic rings. The molecular formula is C20H29O. The van der Waals surface area contributed by atoms with Crippen LogP contribution in [0.4, 0.5) is 0 Å². The summed E-state index contributed by atoms with van der Waals surface area (Å²) in [5.41, 5.74) is 3.25. The molecule has 0 bridgehead atoms. The highest BCUT2D eigenvalue weighted by Gasteiger charge is 2.21. The van der Waals surface area contributed by atoms with E-state index in [4.69, 9.17) is 0 Å². The lowest BCUT2D eigenvalue weighted by Gasteiger charge is -2.22. The Morgan fingerprint density at radius 3 is 2.33 bits per heavy atom. The molecule has 0 spiro atoms. The van der Waals surface area contributed by atoms with Crippen molar-refractivity contribution in [3.63, 3.8) is 0 Å². The average Bonchev–Trinajstić information content (AvgIpc) is 2.47. The Labute approximate surface area is 130 Å². The highest BCUT2D eigenvalue weighted by atomic mass is 16.1. The molecule has 1 aliphatic carbocycles. The van der Waals surface area contributed by atoms with Gasteiger partial charge in [0, 0.05) is 12.0 Å². The van der Waals surface area contributed by atoms with E-state index in [-0.39, 0.29) is 0 Å². The van der Waals surface area contributed by atoms with E-state index in [2.05, 4.69) is 39.8 Å². The Morgan fingerprint density at radius 2 is 1.76 bits per heavy atom. The van der Waals surface area contributed by atoms with Crippen LogP contribution in [0.5, 0.6) is 0 Å². The molecule has 1 heteroatoms. The van der Waals surface area contributed by atoms with E-state index >= 15 is 0 Å². The fourth-order valence-corrected chi connectivity index (χ4v) is 3.33. The van der Waals surface area contributed by atoms with Crippen molar-refractivity contribution >= 4 is 5.78 Å². The van der Waals surface area contributed by atoms with Gasteiger partial charge in [0.05, 0.1) is 0 Å². The lowest BCUT2D eigenvalue weighted by atomic mass is 9.82. The molecule has 0 atom stereocenters. The van der Waals surface area contributed by atoms with Crippen LogP contribution in [0.1, 0.15) is 99.5 Å². The van der Waals surface area contributed by atoms with Crippen molar-refractivity contribution in [2.45, 2.75) is 78.1 Å². The number of hydrogen-bond donors (Lipinski definition) is 0. The number of hydrogen-bond acceptors (Lipinski definition) is 1. The van der Waals surface area contributed by atoms with Crippen molar-refractivity contribution in [1.82, 2.24) is 0 Å². The zero-order valence-electron chi connectivity index (χ0n) is 14.0. The summed E-state index contributed by atoms with van der Waals surface area (Å²) in [6.07, 6.45) is 7.14. The first-order valence-electron chi connectivity index (χ1n) is 8.58. The molecule has 1 saturated carbocycles. The topological polar surface area (TPSA) is 17.1 Å². The summed E-state index contributed by atoms with van der Waals surface area (Å²) >= 11 is 0. The zero-order valence-corrected chi connectivity index (χ0v) is 14.0. The van der Waals surface area contributed by atoms with Gasteiger partial charge in [-0.15, -0.1) is 0 Å². The van der Waals surface area contributed by atoms with Crippen LogP contribution in [0, 0.1) is 12.0 Å². The summed E-state index contributed by atoms with van der Waals surface area (Å²) in [7, 11) is 0. The maximum Gasteiger partial charge on any atom is 0.163 e. The predicted molar refractivity (Wildman–Crippen MR) is 89.0 cm³/mol. The second-order valence-corrected chi connectivity index (χ2v) is 7.18. The number of carbonyl (C=O) groups excluding carboxylic acids is 1. The van der Waals surface area contributed by atoms with Gasteiger partial charge in [0.1, 0.15) is 0 Å². The summed E-state index contributed by atoms with van der Waals surface area (Å²) in [5, 5.41) is 0. The lowest BCUT2D eigenvalue weighted by molar-refractivity contribution is 0.0949. The first-order chi connectivity index (χ1) is 9.99. The van der Waals surface area contributed by atoms with Gasteiger partial charge < -0.3 is 0 Å². The Morgan fingerprint density at radius 1 is 1.10 bits per heavy atom. The monoisotopic (exact) mass is 285 g/mol. The molecule has 1 fully saturated rings. The van der Waals surface area contributed by atoms with Crippen LogP contribution in [-0.2, 0) is 0 Å². The van der Waals surface area contributed by atoms with Crippen molar-refractivity contribution in [3.8, 4) is 0 Å². The van der Waals surface area contributed by atoms with Crippen molar-refractivity contribution in [1.29, 1.82) is 0 Å². The van der Waals surface area contributed by atoms with E-state index in [1.54, 1.807) is 0 Å². The Hall–Kier alpha value is -1.11. The largest absolute Gasteiger partial charge is 0.294 e. The van der Waals surface area contributed by atoms with Crippen molar-refractivity contribution in [3.05, 3.63) is 34.9 Å². The highest BCUT2D eigenvalue weighted by molar-refractivity contribution is 5.97. The van der Waals surface area contributed by atoms with Crippen LogP contribution in [-0.4, -0.2) is 5.78 Å². The van der Waals surface area contributed by atoms with Crippen molar-refractivity contribution in [2.24, 2.45) is 5.92 Å². The van der Waals surface area contributed by atoms with Gasteiger partial charge in [0.25, 0.3) is 0 Å². The smallest absolute Gasteiger partial charge is 0.163 e. The van der Waals surface area contributed by atoms with Gasteiger partial charge in [0.15, 0.2) is 5.78 Å². The zero-order chi connectivity index (χ0) is 15.4. The lowest BCUT2D eigenvalue weighted by Crippen LogP contribution is -2.14. The SMILES string of the molecule is CC(C)c1[c]c(C(C)C)c(C(=O)CC2CCCCC2)cc1. The minimum atomic E-state index is 0.331. The van der Waals surface area contributed by atoms with E-state index in [0.29, 0.717) is 23.5 Å².